The summed E-state index contributed by atoms with van der Waals surface area (Å²) in [5.74, 6) is -0.106. The molecule has 6 nitrogen and oxygen atoms in total. The van der Waals surface area contributed by atoms with E-state index in [0.29, 0.717) is 18.4 Å². The molecule has 0 aliphatic carbocycles. The molecule has 1 N–H and O–H groups in total. The van der Waals surface area contributed by atoms with Crippen LogP contribution >= 0.6 is 0 Å². The molecule has 6 heteroatoms. The highest BCUT2D eigenvalue weighted by atomic mass is 16.6. The van der Waals surface area contributed by atoms with Gasteiger partial charge in [-0.05, 0) is 44.9 Å². The topological polar surface area (TPSA) is 68.5 Å². The molecular formula is C24H24N4O2. The molecule has 2 aliphatic heterocycles. The number of nitrogens with one attached hydrogen (secondary N) is 1. The van der Waals surface area contributed by atoms with Gasteiger partial charge >= 0.3 is 0 Å². The number of carbonyl (C=O) groups is 1. The Labute approximate surface area is 175 Å². The van der Waals surface area contributed by atoms with Gasteiger partial charge in [0, 0.05) is 35.1 Å². The average molecular weight is 400 g/mol. The number of aromatic nitrogens is 2. The van der Waals surface area contributed by atoms with Crippen LogP contribution in [0.4, 0.5) is 5.69 Å². The van der Waals surface area contributed by atoms with E-state index in [0.717, 1.165) is 33.6 Å². The van der Waals surface area contributed by atoms with Gasteiger partial charge in [-0.15, -0.1) is 0 Å². The lowest BCUT2D eigenvalue weighted by Gasteiger charge is -2.14. The summed E-state index contributed by atoms with van der Waals surface area (Å²) >= 11 is 0. The second kappa shape index (κ2) is 6.83. The smallest absolute Gasteiger partial charge is 0.253 e. The van der Waals surface area contributed by atoms with Crippen molar-refractivity contribution in [2.75, 3.05) is 5.32 Å². The zero-order chi connectivity index (χ0) is 21.0. The molecule has 3 aromatic rings. The van der Waals surface area contributed by atoms with Crippen LogP contribution in [0.5, 0.6) is 0 Å². The molecule has 2 aromatic carbocycles. The Morgan fingerprint density at radius 3 is 2.70 bits per heavy atom. The fourth-order valence-electron chi connectivity index (χ4n) is 4.71. The van der Waals surface area contributed by atoms with Crippen molar-refractivity contribution in [1.82, 2.24) is 9.78 Å². The molecule has 0 radical (unpaired) electrons. The van der Waals surface area contributed by atoms with Crippen molar-refractivity contribution in [3.05, 3.63) is 64.4 Å². The van der Waals surface area contributed by atoms with Gasteiger partial charge in [0.05, 0.1) is 23.1 Å². The maximum Gasteiger partial charge on any atom is 0.253 e. The fourth-order valence-corrected chi connectivity index (χ4v) is 4.71. The first-order valence-electron chi connectivity index (χ1n) is 10.2. The molecule has 1 amide bonds. The molecule has 5 rings (SSSR count). The van der Waals surface area contributed by atoms with Crippen molar-refractivity contribution < 1.29 is 9.63 Å². The normalized spacial score (nSPS) is 18.3. The van der Waals surface area contributed by atoms with Crippen LogP contribution in [0.25, 0.3) is 16.6 Å². The predicted octanol–water partition coefficient (Wildman–Crippen LogP) is 4.73. The number of amides is 1. The molecule has 2 aliphatic rings. The molecule has 0 saturated heterocycles. The number of benzene rings is 2. The fraction of sp³-hybridized carbons (Fsp3) is 0.292. The van der Waals surface area contributed by atoms with Crippen molar-refractivity contribution >= 4 is 33.9 Å². The van der Waals surface area contributed by atoms with E-state index in [2.05, 4.69) is 48.5 Å². The number of nitrogens with zero attached hydrogens (tertiary/aromatic N) is 3. The molecule has 0 spiro atoms. The van der Waals surface area contributed by atoms with Crippen molar-refractivity contribution in [1.29, 1.82) is 0 Å². The first kappa shape index (κ1) is 18.6. The van der Waals surface area contributed by atoms with Gasteiger partial charge in [0.2, 0.25) is 0 Å². The Morgan fingerprint density at radius 2 is 1.93 bits per heavy atom. The lowest BCUT2D eigenvalue weighted by molar-refractivity contribution is -0.113. The van der Waals surface area contributed by atoms with Gasteiger partial charge in [-0.25, -0.2) is 4.68 Å². The number of allylic oxidation sites excluding steroid dienone is 1. The Kier molecular flexibility index (Phi) is 4.24. The number of rotatable bonds is 3. The van der Waals surface area contributed by atoms with E-state index in [1.54, 1.807) is 0 Å². The maximum absolute atomic E-state index is 13.0. The highest BCUT2D eigenvalue weighted by molar-refractivity contribution is 6.13. The van der Waals surface area contributed by atoms with Gasteiger partial charge in [0.1, 0.15) is 6.10 Å². The van der Waals surface area contributed by atoms with Gasteiger partial charge in [0.15, 0.2) is 0 Å². The lowest BCUT2D eigenvalue weighted by Crippen LogP contribution is -2.20. The highest BCUT2D eigenvalue weighted by Crippen LogP contribution is 2.33. The molecule has 3 heterocycles. The van der Waals surface area contributed by atoms with E-state index in [-0.39, 0.29) is 12.0 Å². The van der Waals surface area contributed by atoms with Gasteiger partial charge < -0.3 is 10.2 Å². The standard InChI is InChI=1S/C24H24N4O2/c1-13-8-14(2)22(15(3)9-13)21-11-18(30-27-21)10-19-16(4)28-23-17(12-25-28)6-5-7-20(23)26-24(19)29/h5-9,12,18H,10-11H2,1-4H3,(H,26,29). The maximum atomic E-state index is 13.0. The molecule has 1 atom stereocenters. The van der Waals surface area contributed by atoms with Crippen molar-refractivity contribution in [3.8, 4) is 0 Å². The summed E-state index contributed by atoms with van der Waals surface area (Å²) in [5, 5.41) is 12.9. The van der Waals surface area contributed by atoms with Crippen LogP contribution in [0.2, 0.25) is 0 Å². The van der Waals surface area contributed by atoms with Gasteiger partial charge in [-0.2, -0.15) is 5.10 Å². The SMILES string of the molecule is CC1=C(CC2CC(c3c(C)cc(C)cc3C)=NO2)C(=O)Nc2cccc3cnn1c23. The summed E-state index contributed by atoms with van der Waals surface area (Å²) in [6, 6.07) is 10.2. The molecule has 0 saturated carbocycles. The number of hydrogen-bond acceptors (Lipinski definition) is 4. The number of hydrogen-bond donors (Lipinski definition) is 1. The summed E-state index contributed by atoms with van der Waals surface area (Å²) in [5.41, 5.74) is 8.95. The molecule has 30 heavy (non-hydrogen) atoms. The Morgan fingerprint density at radius 1 is 1.17 bits per heavy atom. The van der Waals surface area contributed by atoms with E-state index >= 15 is 0 Å². The molecular weight excluding hydrogens is 376 g/mol. The number of aryl methyl sites for hydroxylation is 3. The third-order valence-corrected chi connectivity index (χ3v) is 6.00. The van der Waals surface area contributed by atoms with Crippen LogP contribution < -0.4 is 5.32 Å². The second-order valence-electron chi connectivity index (χ2n) is 8.27. The first-order valence-corrected chi connectivity index (χ1v) is 10.2. The van der Waals surface area contributed by atoms with E-state index in [1.165, 1.54) is 16.7 Å². The summed E-state index contributed by atoms with van der Waals surface area (Å²) < 4.78 is 1.85. The van der Waals surface area contributed by atoms with E-state index < -0.39 is 0 Å². The minimum Gasteiger partial charge on any atom is -0.391 e. The van der Waals surface area contributed by atoms with E-state index in [9.17, 15) is 4.79 Å². The minimum atomic E-state index is -0.178. The Bertz CT molecular complexity index is 1240. The third-order valence-electron chi connectivity index (χ3n) is 6.00. The lowest BCUT2D eigenvalue weighted by atomic mass is 9.92. The van der Waals surface area contributed by atoms with Gasteiger partial charge in [-0.3, -0.25) is 4.79 Å². The van der Waals surface area contributed by atoms with Crippen molar-refractivity contribution in [3.63, 3.8) is 0 Å². The van der Waals surface area contributed by atoms with Crippen LogP contribution in [0.1, 0.15) is 42.0 Å². The zero-order valence-electron chi connectivity index (χ0n) is 17.6. The van der Waals surface area contributed by atoms with Crippen LogP contribution in [0.3, 0.4) is 0 Å². The monoisotopic (exact) mass is 400 g/mol. The van der Waals surface area contributed by atoms with E-state index in [1.807, 2.05) is 36.0 Å². The summed E-state index contributed by atoms with van der Waals surface area (Å²) in [6.07, 6.45) is 2.80. The average Bonchev–Trinajstić information content (AvgIpc) is 3.30. The zero-order valence-corrected chi connectivity index (χ0v) is 17.6. The number of para-hydroxylation sites is 1. The van der Waals surface area contributed by atoms with Crippen molar-refractivity contribution in [2.24, 2.45) is 5.16 Å². The molecule has 1 unspecified atom stereocenters. The van der Waals surface area contributed by atoms with Gasteiger partial charge in [0.25, 0.3) is 5.91 Å². The second-order valence-corrected chi connectivity index (χ2v) is 8.27. The van der Waals surface area contributed by atoms with Gasteiger partial charge in [-0.1, -0.05) is 35.0 Å². The van der Waals surface area contributed by atoms with Crippen LogP contribution in [0, 0.1) is 20.8 Å². The molecule has 0 bridgehead atoms. The number of oxime groups is 1. The highest BCUT2D eigenvalue weighted by Gasteiger charge is 2.30. The Balaban J connectivity index is 1.43. The van der Waals surface area contributed by atoms with Crippen LogP contribution in [-0.4, -0.2) is 27.5 Å². The summed E-state index contributed by atoms with van der Waals surface area (Å²) in [4.78, 5) is 18.8. The largest absolute Gasteiger partial charge is 0.391 e. The summed E-state index contributed by atoms with van der Waals surface area (Å²) in [7, 11) is 0. The molecule has 0 fully saturated rings. The van der Waals surface area contributed by atoms with Crippen LogP contribution in [0.15, 0.2) is 47.3 Å². The quantitative estimate of drug-likeness (QED) is 0.691. The summed E-state index contributed by atoms with van der Waals surface area (Å²) in [6.45, 7) is 8.26. The minimum absolute atomic E-state index is 0.106. The van der Waals surface area contributed by atoms with E-state index in [4.69, 9.17) is 4.84 Å². The number of anilines is 1. The Hall–Kier alpha value is -3.41. The first-order chi connectivity index (χ1) is 14.4. The van der Waals surface area contributed by atoms with Crippen molar-refractivity contribution in [2.45, 2.75) is 46.6 Å². The predicted molar refractivity (Wildman–Crippen MR) is 119 cm³/mol. The third kappa shape index (κ3) is 2.91. The molecule has 1 aromatic heterocycles. The number of carbonyl (C=O) groups excluding carboxylic acids is 1. The molecule has 152 valence electrons. The van der Waals surface area contributed by atoms with Crippen LogP contribution in [-0.2, 0) is 9.63 Å².